The maximum Gasteiger partial charge on any atom is 0.230 e. The molecule has 3 N–H and O–H groups in total. The van der Waals surface area contributed by atoms with Gasteiger partial charge in [-0.2, -0.15) is 0 Å². The van der Waals surface area contributed by atoms with Gasteiger partial charge in [-0.1, -0.05) is 61.5 Å². The lowest BCUT2D eigenvalue weighted by Crippen LogP contribution is -2.18. The molecule has 3 aromatic carbocycles. The minimum absolute atomic E-state index is 0.130. The molecular weight excluding hydrogens is 436 g/mol. The Bertz CT molecular complexity index is 1360. The molecule has 35 heavy (non-hydrogen) atoms. The SMILES string of the molecule is CCCN(C)Cc1ccc(CN=C(c2ccccc2)c2c(O)n(C(C)=O)c3cc(N)ccc23)cc1. The zero-order valence-corrected chi connectivity index (χ0v) is 20.5. The van der Waals surface area contributed by atoms with Crippen LogP contribution in [0.4, 0.5) is 5.69 Å². The first-order valence-electron chi connectivity index (χ1n) is 11.9. The first kappa shape index (κ1) is 24.2. The lowest BCUT2D eigenvalue weighted by atomic mass is 10.0. The number of nitrogens with two attached hydrogens (primary N) is 1. The minimum Gasteiger partial charge on any atom is -0.494 e. The number of benzene rings is 3. The Balaban J connectivity index is 1.76. The molecule has 180 valence electrons. The second kappa shape index (κ2) is 10.6. The molecule has 6 heteroatoms. The molecule has 0 unspecified atom stereocenters. The number of rotatable bonds is 8. The van der Waals surface area contributed by atoms with Crippen molar-refractivity contribution >= 4 is 28.2 Å². The van der Waals surface area contributed by atoms with Gasteiger partial charge in [0.25, 0.3) is 0 Å². The monoisotopic (exact) mass is 468 g/mol. The van der Waals surface area contributed by atoms with Crippen molar-refractivity contribution in [1.82, 2.24) is 9.47 Å². The van der Waals surface area contributed by atoms with Crippen molar-refractivity contribution in [2.45, 2.75) is 33.4 Å². The van der Waals surface area contributed by atoms with Crippen molar-refractivity contribution in [2.75, 3.05) is 19.3 Å². The highest BCUT2D eigenvalue weighted by Crippen LogP contribution is 2.35. The summed E-state index contributed by atoms with van der Waals surface area (Å²) >= 11 is 0. The highest BCUT2D eigenvalue weighted by Gasteiger charge is 2.24. The largest absolute Gasteiger partial charge is 0.494 e. The Hall–Kier alpha value is -3.90. The molecule has 0 saturated heterocycles. The summed E-state index contributed by atoms with van der Waals surface area (Å²) < 4.78 is 1.29. The number of nitrogen functional groups attached to an aromatic ring is 1. The Labute approximate surface area is 206 Å². The van der Waals surface area contributed by atoms with E-state index >= 15 is 0 Å². The Morgan fingerprint density at radius 3 is 2.37 bits per heavy atom. The van der Waals surface area contributed by atoms with Gasteiger partial charge >= 0.3 is 0 Å². The van der Waals surface area contributed by atoms with Crippen LogP contribution >= 0.6 is 0 Å². The number of fused-ring (bicyclic) bond motifs is 1. The molecule has 0 aliphatic carbocycles. The second-order valence-electron chi connectivity index (χ2n) is 8.91. The van der Waals surface area contributed by atoms with Crippen molar-refractivity contribution in [2.24, 2.45) is 4.99 Å². The summed E-state index contributed by atoms with van der Waals surface area (Å²) in [5, 5.41) is 11.9. The average Bonchev–Trinajstić information content (AvgIpc) is 3.12. The van der Waals surface area contributed by atoms with Crippen molar-refractivity contribution in [3.63, 3.8) is 0 Å². The van der Waals surface area contributed by atoms with E-state index in [0.717, 1.165) is 36.0 Å². The van der Waals surface area contributed by atoms with Gasteiger partial charge in [-0.05, 0) is 49.3 Å². The van der Waals surface area contributed by atoms with Gasteiger partial charge < -0.3 is 15.7 Å². The van der Waals surface area contributed by atoms with Gasteiger partial charge in [-0.15, -0.1) is 0 Å². The fourth-order valence-corrected chi connectivity index (χ4v) is 4.45. The van der Waals surface area contributed by atoms with Gasteiger partial charge in [0.1, 0.15) is 0 Å². The van der Waals surface area contributed by atoms with Crippen LogP contribution in [-0.4, -0.2) is 39.8 Å². The van der Waals surface area contributed by atoms with Crippen LogP contribution in [0.25, 0.3) is 10.9 Å². The molecule has 0 fully saturated rings. The van der Waals surface area contributed by atoms with Crippen LogP contribution in [0.5, 0.6) is 5.88 Å². The van der Waals surface area contributed by atoms with E-state index in [4.69, 9.17) is 10.7 Å². The van der Waals surface area contributed by atoms with E-state index < -0.39 is 0 Å². The number of anilines is 1. The van der Waals surface area contributed by atoms with E-state index in [-0.39, 0.29) is 11.8 Å². The van der Waals surface area contributed by atoms with E-state index in [0.29, 0.717) is 29.0 Å². The van der Waals surface area contributed by atoms with Crippen molar-refractivity contribution in [3.8, 4) is 5.88 Å². The topological polar surface area (TPSA) is 83.8 Å². The third-order valence-corrected chi connectivity index (χ3v) is 6.07. The van der Waals surface area contributed by atoms with Crippen LogP contribution in [0.15, 0.2) is 77.8 Å². The number of aromatic nitrogens is 1. The number of hydrogen-bond acceptors (Lipinski definition) is 5. The molecule has 0 aliphatic heterocycles. The van der Waals surface area contributed by atoms with Gasteiger partial charge in [0.05, 0.1) is 23.3 Å². The predicted molar refractivity (Wildman–Crippen MR) is 143 cm³/mol. The van der Waals surface area contributed by atoms with Crippen LogP contribution in [-0.2, 0) is 13.1 Å². The lowest BCUT2D eigenvalue weighted by Gasteiger charge is -2.15. The molecule has 0 radical (unpaired) electrons. The fourth-order valence-electron chi connectivity index (χ4n) is 4.45. The summed E-state index contributed by atoms with van der Waals surface area (Å²) in [5.74, 6) is -0.421. The fraction of sp³-hybridized carbons (Fsp3) is 0.241. The Morgan fingerprint density at radius 2 is 1.71 bits per heavy atom. The van der Waals surface area contributed by atoms with Crippen LogP contribution < -0.4 is 5.73 Å². The van der Waals surface area contributed by atoms with E-state index in [2.05, 4.69) is 43.1 Å². The summed E-state index contributed by atoms with van der Waals surface area (Å²) in [6.45, 7) is 6.02. The minimum atomic E-state index is -0.291. The number of hydrogen-bond donors (Lipinski definition) is 2. The maximum atomic E-state index is 12.4. The normalized spacial score (nSPS) is 11.9. The van der Waals surface area contributed by atoms with Crippen LogP contribution in [0.2, 0.25) is 0 Å². The van der Waals surface area contributed by atoms with E-state index in [1.807, 2.05) is 36.4 Å². The van der Waals surface area contributed by atoms with E-state index in [1.54, 1.807) is 12.1 Å². The summed E-state index contributed by atoms with van der Waals surface area (Å²) in [7, 11) is 2.13. The maximum absolute atomic E-state index is 12.4. The molecule has 0 bridgehead atoms. The van der Waals surface area contributed by atoms with Gasteiger partial charge in [-0.3, -0.25) is 14.4 Å². The number of carbonyl (C=O) groups excluding carboxylic acids is 1. The van der Waals surface area contributed by atoms with E-state index in [1.165, 1.54) is 17.1 Å². The van der Waals surface area contributed by atoms with Crippen molar-refractivity contribution in [1.29, 1.82) is 0 Å². The number of carbonyl (C=O) groups is 1. The molecule has 0 atom stereocenters. The lowest BCUT2D eigenvalue weighted by molar-refractivity contribution is 0.0933. The first-order chi connectivity index (χ1) is 16.9. The molecule has 4 aromatic rings. The van der Waals surface area contributed by atoms with Crippen LogP contribution in [0, 0.1) is 0 Å². The molecular formula is C29H32N4O2. The number of aliphatic imine (C=N–C) groups is 1. The molecule has 1 heterocycles. The number of aromatic hydroxyl groups is 1. The second-order valence-corrected chi connectivity index (χ2v) is 8.91. The van der Waals surface area contributed by atoms with Gasteiger partial charge in [0, 0.05) is 30.1 Å². The van der Waals surface area contributed by atoms with Gasteiger partial charge in [-0.25, -0.2) is 0 Å². The smallest absolute Gasteiger partial charge is 0.230 e. The van der Waals surface area contributed by atoms with Crippen molar-refractivity contribution < 1.29 is 9.90 Å². The first-order valence-corrected chi connectivity index (χ1v) is 11.9. The Morgan fingerprint density at radius 1 is 1.03 bits per heavy atom. The predicted octanol–water partition coefficient (Wildman–Crippen LogP) is 5.47. The third-order valence-electron chi connectivity index (χ3n) is 6.07. The quantitative estimate of drug-likeness (QED) is 0.265. The number of nitrogens with zero attached hydrogens (tertiary/aromatic N) is 3. The molecule has 0 amide bonds. The highest BCUT2D eigenvalue weighted by atomic mass is 16.3. The van der Waals surface area contributed by atoms with E-state index in [9.17, 15) is 9.90 Å². The summed E-state index contributed by atoms with van der Waals surface area (Å²) in [4.78, 5) is 19.7. The Kier molecular flexibility index (Phi) is 7.32. The molecule has 0 aliphatic rings. The standard InChI is InChI=1S/C29H32N4O2/c1-4-16-32(3)19-22-12-10-21(11-13-22)18-31-28(23-8-6-5-7-9-23)27-25-15-14-24(30)17-26(25)33(20(2)34)29(27)35/h5-15,17,35H,4,16,18-19,30H2,1-3H3. The summed E-state index contributed by atoms with van der Waals surface area (Å²) in [5.41, 5.74) is 11.4. The van der Waals surface area contributed by atoms with Crippen LogP contribution in [0.3, 0.4) is 0 Å². The van der Waals surface area contributed by atoms with Gasteiger partial charge in [0.2, 0.25) is 11.8 Å². The summed E-state index contributed by atoms with van der Waals surface area (Å²) in [6, 6.07) is 23.5. The third kappa shape index (κ3) is 5.28. The van der Waals surface area contributed by atoms with Crippen molar-refractivity contribution in [3.05, 3.63) is 95.1 Å². The molecule has 6 nitrogen and oxygen atoms in total. The zero-order valence-electron chi connectivity index (χ0n) is 20.5. The molecule has 1 aromatic heterocycles. The molecule has 0 saturated carbocycles. The zero-order chi connectivity index (χ0) is 24.9. The average molecular weight is 469 g/mol. The molecule has 4 rings (SSSR count). The van der Waals surface area contributed by atoms with Gasteiger partial charge in [0.15, 0.2) is 0 Å². The van der Waals surface area contributed by atoms with Crippen LogP contribution in [0.1, 0.15) is 47.3 Å². The molecule has 0 spiro atoms. The summed E-state index contributed by atoms with van der Waals surface area (Å²) in [6.07, 6.45) is 1.13. The highest BCUT2D eigenvalue weighted by molar-refractivity contribution is 6.22.